The van der Waals surface area contributed by atoms with E-state index >= 15 is 0 Å². The maximum absolute atomic E-state index is 6.32. The van der Waals surface area contributed by atoms with Crippen molar-refractivity contribution in [3.8, 4) is 0 Å². The zero-order chi connectivity index (χ0) is 14.8. The van der Waals surface area contributed by atoms with Crippen molar-refractivity contribution in [2.24, 2.45) is 0 Å². The van der Waals surface area contributed by atoms with Gasteiger partial charge in [0.05, 0.1) is 16.9 Å². The van der Waals surface area contributed by atoms with Crippen LogP contribution in [0.2, 0.25) is 0 Å². The van der Waals surface area contributed by atoms with Gasteiger partial charge in [0.2, 0.25) is 0 Å². The second kappa shape index (κ2) is 5.44. The van der Waals surface area contributed by atoms with Gasteiger partial charge in [-0.25, -0.2) is 0 Å². The summed E-state index contributed by atoms with van der Waals surface area (Å²) in [6, 6.07) is 16.6. The van der Waals surface area contributed by atoms with Crippen LogP contribution in [0.3, 0.4) is 0 Å². The molecule has 3 rings (SSSR count). The normalized spacial score (nSPS) is 10.8. The van der Waals surface area contributed by atoms with Gasteiger partial charge >= 0.3 is 0 Å². The number of fused-ring (bicyclic) bond motifs is 1. The molecule has 21 heavy (non-hydrogen) atoms. The van der Waals surface area contributed by atoms with E-state index < -0.39 is 0 Å². The number of rotatable bonds is 3. The summed E-state index contributed by atoms with van der Waals surface area (Å²) >= 11 is 0. The van der Waals surface area contributed by atoms with E-state index in [1.807, 2.05) is 24.3 Å². The zero-order valence-corrected chi connectivity index (χ0v) is 12.4. The lowest BCUT2D eigenvalue weighted by Crippen LogP contribution is -2.17. The van der Waals surface area contributed by atoms with Gasteiger partial charge in [0.25, 0.3) is 0 Å². The summed E-state index contributed by atoms with van der Waals surface area (Å²) in [5.41, 5.74) is 11.6. The molecule has 106 valence electrons. The minimum Gasteiger partial charge on any atom is -0.396 e. The first-order valence-electron chi connectivity index (χ1n) is 7.05. The van der Waals surface area contributed by atoms with Gasteiger partial charge in [-0.05, 0) is 36.8 Å². The first kappa shape index (κ1) is 13.4. The Morgan fingerprint density at radius 3 is 2.57 bits per heavy atom. The van der Waals surface area contributed by atoms with E-state index in [4.69, 9.17) is 5.73 Å². The Morgan fingerprint density at radius 2 is 1.81 bits per heavy atom. The Bertz CT molecular complexity index is 763. The number of hydrogen-bond acceptors (Lipinski definition) is 3. The smallest absolute Gasteiger partial charge is 0.0724 e. The number of nitrogens with zero attached hydrogens (tertiary/aromatic N) is 2. The van der Waals surface area contributed by atoms with Crippen LogP contribution in [0.1, 0.15) is 11.1 Å². The van der Waals surface area contributed by atoms with E-state index in [0.29, 0.717) is 0 Å². The summed E-state index contributed by atoms with van der Waals surface area (Å²) in [6.45, 7) is 2.93. The molecular formula is C18H19N3. The predicted octanol–water partition coefficient (Wildman–Crippen LogP) is 3.76. The number of nitrogens with two attached hydrogens (primary N) is 1. The van der Waals surface area contributed by atoms with Crippen LogP contribution in [0.15, 0.2) is 54.7 Å². The van der Waals surface area contributed by atoms with E-state index in [1.54, 1.807) is 6.20 Å². The van der Waals surface area contributed by atoms with Gasteiger partial charge in [-0.3, -0.25) is 4.98 Å². The van der Waals surface area contributed by atoms with Crippen LogP contribution in [0.5, 0.6) is 0 Å². The van der Waals surface area contributed by atoms with Gasteiger partial charge in [0, 0.05) is 25.2 Å². The second-order valence-corrected chi connectivity index (χ2v) is 5.41. The molecule has 3 nitrogen and oxygen atoms in total. The Kier molecular flexibility index (Phi) is 3.48. The number of benzene rings is 2. The van der Waals surface area contributed by atoms with E-state index in [2.05, 4.69) is 48.1 Å². The average molecular weight is 277 g/mol. The fourth-order valence-corrected chi connectivity index (χ4v) is 2.55. The number of anilines is 2. The molecule has 3 heteroatoms. The third kappa shape index (κ3) is 2.68. The molecule has 2 N–H and O–H groups in total. The third-order valence-electron chi connectivity index (χ3n) is 3.76. The molecule has 0 fully saturated rings. The fourth-order valence-electron chi connectivity index (χ4n) is 2.55. The number of pyridine rings is 1. The molecule has 0 unspecified atom stereocenters. The Morgan fingerprint density at radius 1 is 1.05 bits per heavy atom. The largest absolute Gasteiger partial charge is 0.396 e. The maximum atomic E-state index is 6.32. The molecule has 0 spiro atoms. The standard InChI is InChI=1S/C18H19N3/c1-13-5-7-14(8-6-13)12-21(2)17-10-9-16-15(18(17)19)4-3-11-20-16/h3-11H,12,19H2,1-2H3. The highest BCUT2D eigenvalue weighted by Crippen LogP contribution is 2.30. The molecule has 0 amide bonds. The fraction of sp³-hybridized carbons (Fsp3) is 0.167. The zero-order valence-electron chi connectivity index (χ0n) is 12.4. The molecule has 0 saturated heterocycles. The Hall–Kier alpha value is -2.55. The van der Waals surface area contributed by atoms with E-state index in [-0.39, 0.29) is 0 Å². The van der Waals surface area contributed by atoms with Crippen molar-refractivity contribution in [3.05, 3.63) is 65.9 Å². The number of aryl methyl sites for hydroxylation is 1. The lowest BCUT2D eigenvalue weighted by atomic mass is 10.1. The molecule has 0 bridgehead atoms. The molecule has 3 aromatic rings. The molecule has 0 atom stereocenters. The van der Waals surface area contributed by atoms with Crippen molar-refractivity contribution in [3.63, 3.8) is 0 Å². The first-order chi connectivity index (χ1) is 10.1. The maximum Gasteiger partial charge on any atom is 0.0724 e. The summed E-state index contributed by atoms with van der Waals surface area (Å²) in [5, 5.41) is 1.01. The summed E-state index contributed by atoms with van der Waals surface area (Å²) in [5.74, 6) is 0. The summed E-state index contributed by atoms with van der Waals surface area (Å²) < 4.78 is 0. The topological polar surface area (TPSA) is 42.2 Å². The Balaban J connectivity index is 1.92. The first-order valence-corrected chi connectivity index (χ1v) is 7.05. The molecule has 1 heterocycles. The molecule has 0 radical (unpaired) electrons. The van der Waals surface area contributed by atoms with Crippen molar-refractivity contribution in [2.75, 3.05) is 17.7 Å². The van der Waals surface area contributed by atoms with Crippen LogP contribution < -0.4 is 10.6 Å². The molecule has 2 aromatic carbocycles. The quantitative estimate of drug-likeness (QED) is 0.741. The number of aromatic nitrogens is 1. The molecule has 0 saturated carbocycles. The monoisotopic (exact) mass is 277 g/mol. The van der Waals surface area contributed by atoms with Crippen LogP contribution in [-0.4, -0.2) is 12.0 Å². The summed E-state index contributed by atoms with van der Waals surface area (Å²) in [6.07, 6.45) is 1.79. The lowest BCUT2D eigenvalue weighted by Gasteiger charge is -2.22. The van der Waals surface area contributed by atoms with Crippen LogP contribution in [0, 0.1) is 6.92 Å². The average Bonchev–Trinajstić information content (AvgIpc) is 2.50. The highest BCUT2D eigenvalue weighted by atomic mass is 15.1. The Labute approximate surface area is 125 Å². The minimum absolute atomic E-state index is 0.787. The predicted molar refractivity (Wildman–Crippen MR) is 89.4 cm³/mol. The molecule has 0 aliphatic rings. The number of nitrogen functional groups attached to an aromatic ring is 1. The summed E-state index contributed by atoms with van der Waals surface area (Å²) in [4.78, 5) is 6.51. The highest BCUT2D eigenvalue weighted by Gasteiger charge is 2.09. The lowest BCUT2D eigenvalue weighted by molar-refractivity contribution is 0.925. The SMILES string of the molecule is Cc1ccc(CN(C)c2ccc3ncccc3c2N)cc1. The van der Waals surface area contributed by atoms with Gasteiger partial charge in [0.15, 0.2) is 0 Å². The third-order valence-corrected chi connectivity index (χ3v) is 3.76. The van der Waals surface area contributed by atoms with Gasteiger partial charge in [-0.15, -0.1) is 0 Å². The van der Waals surface area contributed by atoms with Crippen molar-refractivity contribution in [1.82, 2.24) is 4.98 Å². The van der Waals surface area contributed by atoms with Crippen molar-refractivity contribution >= 4 is 22.3 Å². The molecular weight excluding hydrogens is 258 g/mol. The minimum atomic E-state index is 0.787. The van der Waals surface area contributed by atoms with E-state index in [9.17, 15) is 0 Å². The molecule has 1 aromatic heterocycles. The summed E-state index contributed by atoms with van der Waals surface area (Å²) in [7, 11) is 2.06. The van der Waals surface area contributed by atoms with Crippen molar-refractivity contribution < 1.29 is 0 Å². The van der Waals surface area contributed by atoms with Crippen LogP contribution in [0.25, 0.3) is 10.9 Å². The van der Waals surface area contributed by atoms with Gasteiger partial charge in [-0.1, -0.05) is 29.8 Å². The van der Waals surface area contributed by atoms with E-state index in [0.717, 1.165) is 28.8 Å². The highest BCUT2D eigenvalue weighted by molar-refractivity contribution is 5.97. The van der Waals surface area contributed by atoms with Crippen molar-refractivity contribution in [2.45, 2.75) is 13.5 Å². The van der Waals surface area contributed by atoms with Crippen LogP contribution in [0.4, 0.5) is 11.4 Å². The van der Waals surface area contributed by atoms with Crippen molar-refractivity contribution in [1.29, 1.82) is 0 Å². The van der Waals surface area contributed by atoms with Gasteiger partial charge in [0.1, 0.15) is 0 Å². The van der Waals surface area contributed by atoms with Gasteiger partial charge in [-0.2, -0.15) is 0 Å². The van der Waals surface area contributed by atoms with Crippen LogP contribution in [-0.2, 0) is 6.54 Å². The van der Waals surface area contributed by atoms with Gasteiger partial charge < -0.3 is 10.6 Å². The molecule has 0 aliphatic heterocycles. The molecule has 0 aliphatic carbocycles. The van der Waals surface area contributed by atoms with E-state index in [1.165, 1.54) is 11.1 Å². The second-order valence-electron chi connectivity index (χ2n) is 5.41. The van der Waals surface area contributed by atoms with Crippen LogP contribution >= 0.6 is 0 Å². The number of hydrogen-bond donors (Lipinski definition) is 1.